The third-order valence-electron chi connectivity index (χ3n) is 2.45. The lowest BCUT2D eigenvalue weighted by Gasteiger charge is -2.23. The maximum atomic E-state index is 11.7. The molecule has 4 nitrogen and oxygen atoms in total. The fourth-order valence-electron chi connectivity index (χ4n) is 1.37. The first-order valence-corrected chi connectivity index (χ1v) is 7.72. The van der Waals surface area contributed by atoms with Crippen LogP contribution in [0.2, 0.25) is 0 Å². The molecule has 0 fully saturated rings. The van der Waals surface area contributed by atoms with Crippen LogP contribution in [0.15, 0.2) is 16.5 Å². The van der Waals surface area contributed by atoms with Crippen molar-refractivity contribution in [1.82, 2.24) is 0 Å². The van der Waals surface area contributed by atoms with Crippen LogP contribution in [-0.2, 0) is 10.5 Å². The van der Waals surface area contributed by atoms with E-state index in [0.29, 0.717) is 12.4 Å². The van der Waals surface area contributed by atoms with Gasteiger partial charge in [-0.1, -0.05) is 6.92 Å². The second-order valence-electron chi connectivity index (χ2n) is 5.47. The van der Waals surface area contributed by atoms with Gasteiger partial charge in [-0.15, -0.1) is 0 Å². The average Bonchev–Trinajstić information content (AvgIpc) is 2.76. The number of hydrogen-bond donors (Lipinski definition) is 0. The van der Waals surface area contributed by atoms with Crippen molar-refractivity contribution in [3.8, 4) is 0 Å². The van der Waals surface area contributed by atoms with Crippen LogP contribution in [0.4, 0.5) is 0 Å². The van der Waals surface area contributed by atoms with Gasteiger partial charge < -0.3 is 37.6 Å². The normalized spacial score (nSPS) is 11.0. The van der Waals surface area contributed by atoms with Gasteiger partial charge in [0.2, 0.25) is 5.76 Å². The molecule has 0 aliphatic heterocycles. The molecule has 0 N–H and O–H groups in total. The van der Waals surface area contributed by atoms with Crippen molar-refractivity contribution in [1.29, 1.82) is 0 Å². The van der Waals surface area contributed by atoms with Gasteiger partial charge in [0.1, 0.15) is 18.9 Å². The number of thioether (sulfide) groups is 1. The van der Waals surface area contributed by atoms with Gasteiger partial charge in [0.05, 0.1) is 26.9 Å². The van der Waals surface area contributed by atoms with Gasteiger partial charge in [0.25, 0.3) is 0 Å². The second kappa shape index (κ2) is 9.68. The standard InChI is InChI=1S/C14H24NO3S.HI/c1-5-10-19-11-12-6-7-13(18-12)14(16)17-9-8-15(2,3)4;/h6-7H,5,8-11H2,1-4H3;1H/q+1;/p-1. The molecule has 20 heavy (non-hydrogen) atoms. The predicted molar refractivity (Wildman–Crippen MR) is 78.3 cm³/mol. The van der Waals surface area contributed by atoms with Crippen LogP contribution >= 0.6 is 11.8 Å². The molecule has 0 saturated heterocycles. The summed E-state index contributed by atoms with van der Waals surface area (Å²) in [5.41, 5.74) is 0. The Morgan fingerprint density at radius 3 is 2.65 bits per heavy atom. The molecule has 0 aliphatic rings. The zero-order chi connectivity index (χ0) is 14.3. The highest BCUT2D eigenvalue weighted by Crippen LogP contribution is 2.16. The molecular weight excluding hydrogens is 389 g/mol. The van der Waals surface area contributed by atoms with E-state index in [1.165, 1.54) is 0 Å². The van der Waals surface area contributed by atoms with E-state index in [1.807, 2.05) is 6.07 Å². The third-order valence-corrected chi connectivity index (χ3v) is 3.64. The van der Waals surface area contributed by atoms with Crippen LogP contribution in [0.3, 0.4) is 0 Å². The second-order valence-corrected chi connectivity index (χ2v) is 6.57. The number of quaternary nitrogens is 1. The Bertz CT molecular complexity index is 401. The fourth-order valence-corrected chi connectivity index (χ4v) is 2.15. The Morgan fingerprint density at radius 1 is 1.35 bits per heavy atom. The number of rotatable bonds is 8. The summed E-state index contributed by atoms with van der Waals surface area (Å²) in [5.74, 6) is 2.66. The molecule has 0 atom stereocenters. The van der Waals surface area contributed by atoms with Crippen molar-refractivity contribution in [3.63, 3.8) is 0 Å². The predicted octanol–water partition coefficient (Wildman–Crippen LogP) is -0.210. The van der Waals surface area contributed by atoms with Crippen molar-refractivity contribution in [2.45, 2.75) is 19.1 Å². The molecule has 1 aromatic rings. The van der Waals surface area contributed by atoms with Crippen LogP contribution in [0.25, 0.3) is 0 Å². The molecule has 1 aromatic heterocycles. The molecule has 1 heterocycles. The average molecular weight is 413 g/mol. The highest BCUT2D eigenvalue weighted by atomic mass is 127. The number of furan rings is 1. The first-order valence-electron chi connectivity index (χ1n) is 6.56. The molecule has 0 amide bonds. The van der Waals surface area contributed by atoms with Crippen LogP contribution in [0, 0.1) is 0 Å². The maximum absolute atomic E-state index is 11.7. The van der Waals surface area contributed by atoms with Crippen molar-refractivity contribution >= 4 is 17.7 Å². The van der Waals surface area contributed by atoms with Crippen LogP contribution in [0.1, 0.15) is 29.7 Å². The van der Waals surface area contributed by atoms with Gasteiger partial charge in [0.15, 0.2) is 0 Å². The third kappa shape index (κ3) is 8.16. The number of hydrogen-bond acceptors (Lipinski definition) is 4. The fraction of sp³-hybridized carbons (Fsp3) is 0.643. The van der Waals surface area contributed by atoms with Gasteiger partial charge >= 0.3 is 5.97 Å². The summed E-state index contributed by atoms with van der Waals surface area (Å²) in [6.07, 6.45) is 1.14. The van der Waals surface area contributed by atoms with Gasteiger partial charge in [-0.25, -0.2) is 4.79 Å². The highest BCUT2D eigenvalue weighted by Gasteiger charge is 2.14. The minimum atomic E-state index is -0.375. The number of likely N-dealkylation sites (N-methyl/N-ethyl adjacent to an activating group) is 1. The summed E-state index contributed by atoms with van der Waals surface area (Å²) in [5, 5.41) is 0. The number of halogens is 1. The minimum absolute atomic E-state index is 0. The molecule has 6 heteroatoms. The number of carbonyl (C=O) groups excluding carboxylic acids is 1. The van der Waals surface area contributed by atoms with Crippen LogP contribution in [-0.4, -0.2) is 50.5 Å². The Balaban J connectivity index is 0.00000361. The topological polar surface area (TPSA) is 39.4 Å². The van der Waals surface area contributed by atoms with E-state index in [0.717, 1.165) is 34.7 Å². The quantitative estimate of drug-likeness (QED) is 0.256. The molecule has 0 bridgehead atoms. The lowest BCUT2D eigenvalue weighted by atomic mass is 10.4. The van der Waals surface area contributed by atoms with Crippen molar-refractivity contribution in [2.24, 2.45) is 0 Å². The van der Waals surface area contributed by atoms with Crippen molar-refractivity contribution < 1.29 is 42.4 Å². The van der Waals surface area contributed by atoms with E-state index < -0.39 is 0 Å². The number of ether oxygens (including phenoxy) is 1. The Hall–Kier alpha value is -0.210. The van der Waals surface area contributed by atoms with E-state index >= 15 is 0 Å². The summed E-state index contributed by atoms with van der Waals surface area (Å²) < 4.78 is 11.4. The SMILES string of the molecule is CCCSCc1ccc(C(=O)OCC[N+](C)(C)C)o1.[I-]. The highest BCUT2D eigenvalue weighted by molar-refractivity contribution is 7.98. The van der Waals surface area contributed by atoms with E-state index in [1.54, 1.807) is 17.8 Å². The lowest BCUT2D eigenvalue weighted by molar-refractivity contribution is -0.870. The van der Waals surface area contributed by atoms with Gasteiger partial charge in [-0.2, -0.15) is 11.8 Å². The number of carbonyl (C=O) groups is 1. The van der Waals surface area contributed by atoms with E-state index in [4.69, 9.17) is 9.15 Å². The zero-order valence-corrected chi connectivity index (χ0v) is 15.6. The zero-order valence-electron chi connectivity index (χ0n) is 12.6. The van der Waals surface area contributed by atoms with E-state index in [-0.39, 0.29) is 29.9 Å². The summed E-state index contributed by atoms with van der Waals surface area (Å²) in [6, 6.07) is 3.54. The molecule has 0 aromatic carbocycles. The maximum Gasteiger partial charge on any atom is 0.374 e. The summed E-state index contributed by atoms with van der Waals surface area (Å²) >= 11 is 1.80. The monoisotopic (exact) mass is 413 g/mol. The summed E-state index contributed by atoms with van der Waals surface area (Å²) in [4.78, 5) is 11.7. The lowest BCUT2D eigenvalue weighted by Crippen LogP contribution is -3.00. The Morgan fingerprint density at radius 2 is 2.05 bits per heavy atom. The minimum Gasteiger partial charge on any atom is -1.00 e. The van der Waals surface area contributed by atoms with Crippen molar-refractivity contribution in [3.05, 3.63) is 23.7 Å². The summed E-state index contributed by atoms with van der Waals surface area (Å²) in [6.45, 7) is 3.33. The Labute approximate surface area is 142 Å². The molecule has 1 rings (SSSR count). The molecule has 0 saturated carbocycles. The molecular formula is C14H24INO3S. The largest absolute Gasteiger partial charge is 1.00 e. The number of esters is 1. The molecule has 0 unspecified atom stereocenters. The molecule has 0 aliphatic carbocycles. The van der Waals surface area contributed by atoms with Crippen LogP contribution in [0.5, 0.6) is 0 Å². The first kappa shape index (κ1) is 19.8. The van der Waals surface area contributed by atoms with Gasteiger partial charge in [-0.05, 0) is 24.3 Å². The van der Waals surface area contributed by atoms with Crippen molar-refractivity contribution in [2.75, 3.05) is 40.0 Å². The van der Waals surface area contributed by atoms with E-state index in [9.17, 15) is 4.79 Å². The Kier molecular flexibility index (Phi) is 9.58. The molecule has 0 radical (unpaired) electrons. The van der Waals surface area contributed by atoms with Gasteiger partial charge in [-0.3, -0.25) is 0 Å². The molecule has 116 valence electrons. The summed E-state index contributed by atoms with van der Waals surface area (Å²) in [7, 11) is 6.18. The van der Waals surface area contributed by atoms with E-state index in [2.05, 4.69) is 28.1 Å². The van der Waals surface area contributed by atoms with Crippen LogP contribution < -0.4 is 24.0 Å². The first-order chi connectivity index (χ1) is 8.92. The smallest absolute Gasteiger partial charge is 0.374 e. The van der Waals surface area contributed by atoms with Gasteiger partial charge in [0, 0.05) is 0 Å². The number of nitrogens with zero attached hydrogens (tertiary/aromatic N) is 1. The molecule has 0 spiro atoms.